The Balaban J connectivity index is 1.86. The third-order valence-electron chi connectivity index (χ3n) is 3.57. The molecule has 24 heavy (non-hydrogen) atoms. The summed E-state index contributed by atoms with van der Waals surface area (Å²) in [5.74, 6) is 0.720. The van der Waals surface area contributed by atoms with Gasteiger partial charge in [0.25, 0.3) is 0 Å². The van der Waals surface area contributed by atoms with Gasteiger partial charge in [0.1, 0.15) is 5.75 Å². The molecule has 0 aliphatic rings. The van der Waals surface area contributed by atoms with Crippen molar-refractivity contribution in [2.45, 2.75) is 19.3 Å². The van der Waals surface area contributed by atoms with Crippen LogP contribution in [0.4, 0.5) is 0 Å². The van der Waals surface area contributed by atoms with Crippen LogP contribution < -0.4 is 10.1 Å². The molecule has 2 rings (SSSR count). The molecule has 0 aliphatic heterocycles. The minimum Gasteiger partial charge on any atom is -0.493 e. The molecule has 0 heterocycles. The van der Waals surface area contributed by atoms with Crippen LogP contribution >= 0.6 is 11.6 Å². The van der Waals surface area contributed by atoms with Gasteiger partial charge in [-0.05, 0) is 48.2 Å². The molecule has 0 bridgehead atoms. The predicted molar refractivity (Wildman–Crippen MR) is 98.6 cm³/mol. The average Bonchev–Trinajstić information content (AvgIpc) is 2.60. The van der Waals surface area contributed by atoms with Gasteiger partial charge < -0.3 is 10.1 Å². The molecule has 0 saturated heterocycles. The summed E-state index contributed by atoms with van der Waals surface area (Å²) < 4.78 is 5.91. The molecule has 0 unspecified atom stereocenters. The van der Waals surface area contributed by atoms with Gasteiger partial charge in [-0.3, -0.25) is 4.79 Å². The van der Waals surface area contributed by atoms with E-state index in [1.54, 1.807) is 0 Å². The maximum atomic E-state index is 11.0. The van der Waals surface area contributed by atoms with E-state index in [1.807, 2.05) is 36.4 Å². The van der Waals surface area contributed by atoms with Crippen molar-refractivity contribution < 1.29 is 9.53 Å². The van der Waals surface area contributed by atoms with Gasteiger partial charge in [0.2, 0.25) is 5.91 Å². The molecule has 2 aromatic rings. The topological polar surface area (TPSA) is 38.3 Å². The van der Waals surface area contributed by atoms with Crippen molar-refractivity contribution in [1.82, 2.24) is 5.32 Å². The van der Waals surface area contributed by atoms with Crippen LogP contribution in [-0.4, -0.2) is 19.1 Å². The molecule has 0 spiro atoms. The number of amides is 1. The van der Waals surface area contributed by atoms with Crippen molar-refractivity contribution in [3.8, 4) is 5.75 Å². The molecular formula is C20H22ClNO2. The van der Waals surface area contributed by atoms with Gasteiger partial charge in [-0.1, -0.05) is 48.5 Å². The normalized spacial score (nSPS) is 10.2. The number of benzene rings is 2. The van der Waals surface area contributed by atoms with E-state index in [-0.39, 0.29) is 5.91 Å². The Kier molecular flexibility index (Phi) is 7.37. The van der Waals surface area contributed by atoms with Crippen LogP contribution in [0.2, 0.25) is 5.02 Å². The van der Waals surface area contributed by atoms with Crippen molar-refractivity contribution in [2.24, 2.45) is 0 Å². The molecule has 3 nitrogen and oxygen atoms in total. The summed E-state index contributed by atoms with van der Waals surface area (Å²) >= 11 is 6.13. The van der Waals surface area contributed by atoms with Crippen LogP contribution in [0.3, 0.4) is 0 Å². The highest BCUT2D eigenvalue weighted by Gasteiger charge is 2.06. The molecule has 0 atom stereocenters. The quantitative estimate of drug-likeness (QED) is 0.541. The lowest BCUT2D eigenvalue weighted by atomic mass is 10.0. The zero-order valence-electron chi connectivity index (χ0n) is 13.6. The number of hydrogen-bond acceptors (Lipinski definition) is 2. The predicted octanol–water partition coefficient (Wildman–Crippen LogP) is 4.39. The highest BCUT2D eigenvalue weighted by molar-refractivity contribution is 6.30. The van der Waals surface area contributed by atoms with E-state index in [0.29, 0.717) is 18.2 Å². The number of hydrogen-bond donors (Lipinski definition) is 1. The number of rotatable bonds is 9. The van der Waals surface area contributed by atoms with Gasteiger partial charge in [0.05, 0.1) is 6.61 Å². The second kappa shape index (κ2) is 9.78. The largest absolute Gasteiger partial charge is 0.493 e. The number of unbranched alkanes of at least 4 members (excludes halogenated alkanes) is 1. The molecule has 0 aliphatic carbocycles. The van der Waals surface area contributed by atoms with E-state index in [2.05, 4.69) is 24.0 Å². The minimum absolute atomic E-state index is 0.140. The smallest absolute Gasteiger partial charge is 0.243 e. The molecule has 0 radical (unpaired) electrons. The van der Waals surface area contributed by atoms with E-state index in [9.17, 15) is 4.79 Å². The molecule has 0 saturated carbocycles. The number of carbonyl (C=O) groups excluding carboxylic acids is 1. The average molecular weight is 344 g/mol. The molecular weight excluding hydrogens is 322 g/mol. The maximum Gasteiger partial charge on any atom is 0.243 e. The Morgan fingerprint density at radius 1 is 1.17 bits per heavy atom. The first-order valence-electron chi connectivity index (χ1n) is 8.04. The van der Waals surface area contributed by atoms with E-state index < -0.39 is 0 Å². The SMILES string of the molecule is C=CC(=O)NCCCCOc1ccc(Cl)cc1Cc1ccccc1. The summed E-state index contributed by atoms with van der Waals surface area (Å²) in [5.41, 5.74) is 2.30. The molecule has 126 valence electrons. The molecule has 1 amide bonds. The Bertz CT molecular complexity index is 671. The van der Waals surface area contributed by atoms with Gasteiger partial charge in [-0.15, -0.1) is 0 Å². The van der Waals surface area contributed by atoms with E-state index in [0.717, 1.165) is 30.6 Å². The zero-order valence-corrected chi connectivity index (χ0v) is 14.4. The lowest BCUT2D eigenvalue weighted by molar-refractivity contribution is -0.116. The first-order chi connectivity index (χ1) is 11.7. The van der Waals surface area contributed by atoms with Crippen molar-refractivity contribution in [3.63, 3.8) is 0 Å². The fraction of sp³-hybridized carbons (Fsp3) is 0.250. The lowest BCUT2D eigenvalue weighted by Crippen LogP contribution is -2.22. The zero-order chi connectivity index (χ0) is 17.2. The van der Waals surface area contributed by atoms with Crippen LogP contribution in [0.1, 0.15) is 24.0 Å². The van der Waals surface area contributed by atoms with Crippen LogP contribution in [0.5, 0.6) is 5.75 Å². The molecule has 4 heteroatoms. The summed E-state index contributed by atoms with van der Waals surface area (Å²) in [6.07, 6.45) is 3.79. The molecule has 0 fully saturated rings. The van der Waals surface area contributed by atoms with Crippen LogP contribution in [0.25, 0.3) is 0 Å². The molecule has 1 N–H and O–H groups in total. The van der Waals surface area contributed by atoms with E-state index in [4.69, 9.17) is 16.3 Å². The lowest BCUT2D eigenvalue weighted by Gasteiger charge is -2.12. The fourth-order valence-electron chi connectivity index (χ4n) is 2.34. The second-order valence-electron chi connectivity index (χ2n) is 5.47. The maximum absolute atomic E-state index is 11.0. The number of halogens is 1. The van der Waals surface area contributed by atoms with Gasteiger partial charge in [0.15, 0.2) is 0 Å². The number of nitrogens with one attached hydrogen (secondary N) is 1. The summed E-state index contributed by atoms with van der Waals surface area (Å²) in [7, 11) is 0. The van der Waals surface area contributed by atoms with Crippen LogP contribution in [0, 0.1) is 0 Å². The summed E-state index contributed by atoms with van der Waals surface area (Å²) in [5, 5.41) is 3.46. The highest BCUT2D eigenvalue weighted by atomic mass is 35.5. The Morgan fingerprint density at radius 2 is 1.96 bits per heavy atom. The van der Waals surface area contributed by atoms with Gasteiger partial charge in [-0.2, -0.15) is 0 Å². The second-order valence-corrected chi connectivity index (χ2v) is 5.90. The summed E-state index contributed by atoms with van der Waals surface area (Å²) in [6.45, 7) is 4.65. The third-order valence-corrected chi connectivity index (χ3v) is 3.81. The summed E-state index contributed by atoms with van der Waals surface area (Å²) in [6, 6.07) is 15.9. The van der Waals surface area contributed by atoms with Crippen LogP contribution in [-0.2, 0) is 11.2 Å². The van der Waals surface area contributed by atoms with Crippen molar-refractivity contribution in [2.75, 3.05) is 13.2 Å². The summed E-state index contributed by atoms with van der Waals surface area (Å²) in [4.78, 5) is 11.0. The fourth-order valence-corrected chi connectivity index (χ4v) is 2.53. The first-order valence-corrected chi connectivity index (χ1v) is 8.42. The number of ether oxygens (including phenoxy) is 1. The monoisotopic (exact) mass is 343 g/mol. The Labute approximate surface area is 148 Å². The third kappa shape index (κ3) is 6.09. The van der Waals surface area contributed by atoms with Gasteiger partial charge in [-0.25, -0.2) is 0 Å². The van der Waals surface area contributed by atoms with E-state index in [1.165, 1.54) is 11.6 Å². The van der Waals surface area contributed by atoms with Crippen molar-refractivity contribution >= 4 is 17.5 Å². The Morgan fingerprint density at radius 3 is 2.71 bits per heavy atom. The molecule has 2 aromatic carbocycles. The standard InChI is InChI=1S/C20H22ClNO2/c1-2-20(23)22-12-6-7-13-24-19-11-10-18(21)15-17(19)14-16-8-4-3-5-9-16/h2-5,8-11,15H,1,6-7,12-14H2,(H,22,23). The van der Waals surface area contributed by atoms with Gasteiger partial charge >= 0.3 is 0 Å². The van der Waals surface area contributed by atoms with Crippen LogP contribution in [0.15, 0.2) is 61.2 Å². The van der Waals surface area contributed by atoms with Crippen molar-refractivity contribution in [3.05, 3.63) is 77.3 Å². The van der Waals surface area contributed by atoms with Gasteiger partial charge in [0, 0.05) is 18.0 Å². The first kappa shape index (κ1) is 18.1. The highest BCUT2D eigenvalue weighted by Crippen LogP contribution is 2.25. The number of carbonyl (C=O) groups is 1. The Hall–Kier alpha value is -2.26. The minimum atomic E-state index is -0.140. The van der Waals surface area contributed by atoms with Crippen molar-refractivity contribution in [1.29, 1.82) is 0 Å². The molecule has 0 aromatic heterocycles. The van der Waals surface area contributed by atoms with E-state index >= 15 is 0 Å².